The van der Waals surface area contributed by atoms with E-state index >= 15 is 0 Å². The van der Waals surface area contributed by atoms with E-state index in [1.165, 1.54) is 6.20 Å². The summed E-state index contributed by atoms with van der Waals surface area (Å²) in [6.45, 7) is 6.50. The van der Waals surface area contributed by atoms with Crippen molar-refractivity contribution in [2.45, 2.75) is 20.3 Å². The molecule has 0 fully saturated rings. The monoisotopic (exact) mass is 266 g/mol. The van der Waals surface area contributed by atoms with E-state index in [-0.39, 0.29) is 5.91 Å². The standard InChI is InChI=1S/C13H22N4O2/c1-4-6-15-12-10-14-9-11(16-12)13(18)17(5-2)7-8-19-3/h9-10H,4-8H2,1-3H3,(H,15,16). The third kappa shape index (κ3) is 4.82. The van der Waals surface area contributed by atoms with Gasteiger partial charge in [-0.25, -0.2) is 4.98 Å². The van der Waals surface area contributed by atoms with E-state index in [1.807, 2.05) is 6.92 Å². The average Bonchev–Trinajstić information content (AvgIpc) is 2.46. The Morgan fingerprint density at radius 2 is 2.21 bits per heavy atom. The van der Waals surface area contributed by atoms with E-state index in [0.717, 1.165) is 13.0 Å². The van der Waals surface area contributed by atoms with Crippen molar-refractivity contribution in [3.63, 3.8) is 0 Å². The molecule has 0 atom stereocenters. The van der Waals surface area contributed by atoms with Gasteiger partial charge in [-0.05, 0) is 13.3 Å². The lowest BCUT2D eigenvalue weighted by Gasteiger charge is -2.19. The van der Waals surface area contributed by atoms with Crippen molar-refractivity contribution in [2.24, 2.45) is 0 Å². The molecule has 19 heavy (non-hydrogen) atoms. The SMILES string of the molecule is CCCNc1cncc(C(=O)N(CC)CCOC)n1. The summed E-state index contributed by atoms with van der Waals surface area (Å²) >= 11 is 0. The summed E-state index contributed by atoms with van der Waals surface area (Å²) in [5, 5.41) is 3.12. The predicted molar refractivity (Wildman–Crippen MR) is 74.3 cm³/mol. The van der Waals surface area contributed by atoms with Crippen molar-refractivity contribution >= 4 is 11.7 Å². The number of carbonyl (C=O) groups is 1. The van der Waals surface area contributed by atoms with Crippen LogP contribution in [0.25, 0.3) is 0 Å². The van der Waals surface area contributed by atoms with Crippen molar-refractivity contribution in [1.29, 1.82) is 0 Å². The highest BCUT2D eigenvalue weighted by atomic mass is 16.5. The first-order chi connectivity index (χ1) is 9.22. The van der Waals surface area contributed by atoms with Gasteiger partial charge in [0.25, 0.3) is 5.91 Å². The number of carbonyl (C=O) groups excluding carboxylic acids is 1. The molecule has 0 aliphatic heterocycles. The number of likely N-dealkylation sites (N-methyl/N-ethyl adjacent to an activating group) is 1. The first-order valence-electron chi connectivity index (χ1n) is 6.57. The molecule has 0 saturated heterocycles. The molecule has 0 spiro atoms. The molecular weight excluding hydrogens is 244 g/mol. The van der Waals surface area contributed by atoms with Crippen molar-refractivity contribution in [2.75, 3.05) is 38.7 Å². The van der Waals surface area contributed by atoms with Gasteiger partial charge in [0.1, 0.15) is 11.5 Å². The smallest absolute Gasteiger partial charge is 0.274 e. The van der Waals surface area contributed by atoms with E-state index in [4.69, 9.17) is 4.74 Å². The second-order valence-electron chi connectivity index (χ2n) is 4.09. The summed E-state index contributed by atoms with van der Waals surface area (Å²) in [5.74, 6) is 0.516. The summed E-state index contributed by atoms with van der Waals surface area (Å²) in [4.78, 5) is 22.3. The fraction of sp³-hybridized carbons (Fsp3) is 0.615. The Morgan fingerprint density at radius 1 is 1.42 bits per heavy atom. The number of rotatable bonds is 8. The molecule has 0 aromatic carbocycles. The molecule has 1 heterocycles. The molecule has 1 N–H and O–H groups in total. The quantitative estimate of drug-likeness (QED) is 0.770. The molecule has 1 aromatic heterocycles. The Balaban J connectivity index is 2.74. The Hall–Kier alpha value is -1.69. The van der Waals surface area contributed by atoms with E-state index in [0.29, 0.717) is 31.2 Å². The van der Waals surface area contributed by atoms with Crippen LogP contribution < -0.4 is 5.32 Å². The molecule has 1 aromatic rings. The Labute approximate surface area is 114 Å². The highest BCUT2D eigenvalue weighted by Gasteiger charge is 2.16. The van der Waals surface area contributed by atoms with Crippen molar-refractivity contribution in [3.05, 3.63) is 18.1 Å². The average molecular weight is 266 g/mol. The van der Waals surface area contributed by atoms with Crippen molar-refractivity contribution < 1.29 is 9.53 Å². The van der Waals surface area contributed by atoms with Gasteiger partial charge in [-0.1, -0.05) is 6.92 Å². The van der Waals surface area contributed by atoms with Gasteiger partial charge in [-0.15, -0.1) is 0 Å². The normalized spacial score (nSPS) is 10.3. The maximum atomic E-state index is 12.2. The maximum Gasteiger partial charge on any atom is 0.274 e. The largest absolute Gasteiger partial charge is 0.383 e. The fourth-order valence-corrected chi connectivity index (χ4v) is 1.57. The summed E-state index contributed by atoms with van der Waals surface area (Å²) in [6.07, 6.45) is 4.11. The molecular formula is C13H22N4O2. The van der Waals surface area contributed by atoms with Crippen LogP contribution in [0, 0.1) is 0 Å². The number of hydrogen-bond donors (Lipinski definition) is 1. The molecule has 106 valence electrons. The van der Waals surface area contributed by atoms with Gasteiger partial charge in [-0.2, -0.15) is 0 Å². The first-order valence-corrected chi connectivity index (χ1v) is 6.57. The fourth-order valence-electron chi connectivity index (χ4n) is 1.57. The van der Waals surface area contributed by atoms with E-state index in [9.17, 15) is 4.79 Å². The zero-order valence-electron chi connectivity index (χ0n) is 11.8. The van der Waals surface area contributed by atoms with Crippen LogP contribution in [0.2, 0.25) is 0 Å². The molecule has 6 nitrogen and oxygen atoms in total. The van der Waals surface area contributed by atoms with Gasteiger partial charge in [0.2, 0.25) is 0 Å². The molecule has 0 aliphatic carbocycles. The third-order valence-corrected chi connectivity index (χ3v) is 2.64. The van der Waals surface area contributed by atoms with Crippen LogP contribution in [-0.2, 0) is 4.74 Å². The van der Waals surface area contributed by atoms with Crippen molar-refractivity contribution in [1.82, 2.24) is 14.9 Å². The lowest BCUT2D eigenvalue weighted by atomic mass is 10.3. The third-order valence-electron chi connectivity index (χ3n) is 2.64. The van der Waals surface area contributed by atoms with Crippen molar-refractivity contribution in [3.8, 4) is 0 Å². The highest BCUT2D eigenvalue weighted by Crippen LogP contribution is 2.05. The molecule has 1 amide bonds. The van der Waals surface area contributed by atoms with Crippen LogP contribution in [-0.4, -0.2) is 54.1 Å². The molecule has 0 aliphatic rings. The summed E-state index contributed by atoms with van der Waals surface area (Å²) in [7, 11) is 1.62. The minimum Gasteiger partial charge on any atom is -0.383 e. The van der Waals surface area contributed by atoms with Crippen LogP contribution in [0.5, 0.6) is 0 Å². The second-order valence-corrected chi connectivity index (χ2v) is 4.09. The van der Waals surface area contributed by atoms with E-state index in [1.54, 1.807) is 18.2 Å². The van der Waals surface area contributed by atoms with Crippen LogP contribution >= 0.6 is 0 Å². The number of hydrogen-bond acceptors (Lipinski definition) is 5. The minimum absolute atomic E-state index is 0.118. The van der Waals surface area contributed by atoms with Gasteiger partial charge in [0, 0.05) is 26.7 Å². The van der Waals surface area contributed by atoms with Gasteiger partial charge in [-0.3, -0.25) is 9.78 Å². The van der Waals surface area contributed by atoms with Gasteiger partial charge >= 0.3 is 0 Å². The van der Waals surface area contributed by atoms with Gasteiger partial charge < -0.3 is 15.0 Å². The number of methoxy groups -OCH3 is 1. The summed E-state index contributed by atoms with van der Waals surface area (Å²) < 4.78 is 4.99. The maximum absolute atomic E-state index is 12.2. The second kappa shape index (κ2) is 8.42. The Bertz CT molecular complexity index is 398. The summed E-state index contributed by atoms with van der Waals surface area (Å²) in [6, 6.07) is 0. The Kier molecular flexibility index (Phi) is 6.81. The number of nitrogens with one attached hydrogen (secondary N) is 1. The lowest BCUT2D eigenvalue weighted by molar-refractivity contribution is 0.0700. The molecule has 1 rings (SSSR count). The zero-order chi connectivity index (χ0) is 14.1. The molecule has 0 radical (unpaired) electrons. The number of ether oxygens (including phenoxy) is 1. The van der Waals surface area contributed by atoms with Crippen LogP contribution in [0.4, 0.5) is 5.82 Å². The zero-order valence-corrected chi connectivity index (χ0v) is 11.8. The van der Waals surface area contributed by atoms with Gasteiger partial charge in [0.05, 0.1) is 19.0 Å². The number of nitrogens with zero attached hydrogens (tertiary/aromatic N) is 3. The molecule has 0 saturated carbocycles. The Morgan fingerprint density at radius 3 is 2.84 bits per heavy atom. The predicted octanol–water partition coefficient (Wildman–Crippen LogP) is 1.41. The van der Waals surface area contributed by atoms with Crippen LogP contribution in [0.15, 0.2) is 12.4 Å². The number of anilines is 1. The molecule has 0 unspecified atom stereocenters. The van der Waals surface area contributed by atoms with E-state index in [2.05, 4.69) is 22.2 Å². The van der Waals surface area contributed by atoms with Gasteiger partial charge in [0.15, 0.2) is 0 Å². The number of aromatic nitrogens is 2. The minimum atomic E-state index is -0.118. The highest BCUT2D eigenvalue weighted by molar-refractivity contribution is 5.92. The lowest BCUT2D eigenvalue weighted by Crippen LogP contribution is -2.34. The molecule has 0 bridgehead atoms. The van der Waals surface area contributed by atoms with Crippen LogP contribution in [0.1, 0.15) is 30.8 Å². The first kappa shape index (κ1) is 15.4. The van der Waals surface area contributed by atoms with Crippen LogP contribution in [0.3, 0.4) is 0 Å². The number of amides is 1. The topological polar surface area (TPSA) is 67.4 Å². The van der Waals surface area contributed by atoms with E-state index < -0.39 is 0 Å². The summed E-state index contributed by atoms with van der Waals surface area (Å²) in [5.41, 5.74) is 0.360. The molecule has 6 heteroatoms.